The molecule has 0 amide bonds. The van der Waals surface area contributed by atoms with Crippen molar-refractivity contribution in [3.05, 3.63) is 24.3 Å². The predicted octanol–water partition coefficient (Wildman–Crippen LogP) is -0.211. The average Bonchev–Trinajstić information content (AvgIpc) is 2.54. The SMILES string of the molecule is COCCN(CCOC)C(N)=NC(N)=Nc1ccc(S(=O)(=O)O)cc1. The summed E-state index contributed by atoms with van der Waals surface area (Å²) < 4.78 is 40.9. The third kappa shape index (κ3) is 7.47. The Balaban J connectivity index is 2.89. The van der Waals surface area contributed by atoms with Gasteiger partial charge in [-0.25, -0.2) is 4.99 Å². The number of benzene rings is 1. The van der Waals surface area contributed by atoms with E-state index in [4.69, 9.17) is 25.5 Å². The van der Waals surface area contributed by atoms with E-state index in [2.05, 4.69) is 9.98 Å². The van der Waals surface area contributed by atoms with Crippen molar-refractivity contribution in [1.82, 2.24) is 4.90 Å². The molecule has 0 saturated carbocycles. The quantitative estimate of drug-likeness (QED) is 0.321. The lowest BCUT2D eigenvalue weighted by Gasteiger charge is -2.22. The van der Waals surface area contributed by atoms with Gasteiger partial charge in [0, 0.05) is 27.3 Å². The molecule has 0 saturated heterocycles. The fraction of sp³-hybridized carbons (Fsp3) is 0.429. The van der Waals surface area contributed by atoms with Crippen molar-refractivity contribution < 1.29 is 22.4 Å². The van der Waals surface area contributed by atoms with Crippen LogP contribution in [0.2, 0.25) is 0 Å². The van der Waals surface area contributed by atoms with E-state index in [0.29, 0.717) is 32.0 Å². The molecule has 1 aromatic carbocycles. The van der Waals surface area contributed by atoms with Crippen molar-refractivity contribution in [2.24, 2.45) is 21.5 Å². The largest absolute Gasteiger partial charge is 0.383 e. The first-order chi connectivity index (χ1) is 11.8. The van der Waals surface area contributed by atoms with Gasteiger partial charge in [0.1, 0.15) is 0 Å². The predicted molar refractivity (Wildman–Crippen MR) is 94.5 cm³/mol. The van der Waals surface area contributed by atoms with Crippen LogP contribution in [0.3, 0.4) is 0 Å². The van der Waals surface area contributed by atoms with Crippen LogP contribution in [0.5, 0.6) is 0 Å². The molecule has 0 atom stereocenters. The highest BCUT2D eigenvalue weighted by Gasteiger charge is 2.09. The Morgan fingerprint density at radius 2 is 1.64 bits per heavy atom. The van der Waals surface area contributed by atoms with Crippen LogP contribution in [-0.4, -0.2) is 70.3 Å². The molecule has 1 aromatic rings. The zero-order valence-electron chi connectivity index (χ0n) is 14.1. The lowest BCUT2D eigenvalue weighted by Crippen LogP contribution is -2.42. The second-order valence-corrected chi connectivity index (χ2v) is 6.30. The highest BCUT2D eigenvalue weighted by atomic mass is 32.2. The second-order valence-electron chi connectivity index (χ2n) is 4.88. The Kier molecular flexibility index (Phi) is 8.28. The molecule has 0 aliphatic carbocycles. The van der Waals surface area contributed by atoms with E-state index in [1.165, 1.54) is 24.3 Å². The van der Waals surface area contributed by atoms with Crippen LogP contribution in [0.25, 0.3) is 0 Å². The van der Waals surface area contributed by atoms with E-state index in [1.54, 1.807) is 19.1 Å². The Bertz CT molecular complexity index is 695. The molecular formula is C14H23N5O5S. The molecule has 0 radical (unpaired) electrons. The molecule has 140 valence electrons. The molecular weight excluding hydrogens is 350 g/mol. The molecule has 1 rings (SSSR count). The third-order valence-corrected chi connectivity index (χ3v) is 3.93. The molecule has 0 aliphatic heterocycles. The number of hydrogen-bond acceptors (Lipinski definition) is 5. The number of guanidine groups is 2. The summed E-state index contributed by atoms with van der Waals surface area (Å²) in [5.41, 5.74) is 12.0. The minimum absolute atomic E-state index is 0.100. The summed E-state index contributed by atoms with van der Waals surface area (Å²) in [6, 6.07) is 5.18. The van der Waals surface area contributed by atoms with E-state index in [-0.39, 0.29) is 16.8 Å². The number of methoxy groups -OCH3 is 2. The molecule has 10 nitrogen and oxygen atoms in total. The van der Waals surface area contributed by atoms with Gasteiger partial charge in [-0.1, -0.05) is 0 Å². The summed E-state index contributed by atoms with van der Waals surface area (Å²) in [4.78, 5) is 9.54. The van der Waals surface area contributed by atoms with Crippen LogP contribution in [0.4, 0.5) is 5.69 Å². The van der Waals surface area contributed by atoms with Gasteiger partial charge in [0.2, 0.25) is 5.96 Å². The van der Waals surface area contributed by atoms with Gasteiger partial charge < -0.3 is 25.8 Å². The number of nitrogens with zero attached hydrogens (tertiary/aromatic N) is 3. The molecule has 0 spiro atoms. The molecule has 0 bridgehead atoms. The molecule has 0 unspecified atom stereocenters. The van der Waals surface area contributed by atoms with Crippen molar-refractivity contribution in [3.8, 4) is 0 Å². The summed E-state index contributed by atoms with van der Waals surface area (Å²) in [7, 11) is -1.10. The minimum atomic E-state index is -4.25. The van der Waals surface area contributed by atoms with Gasteiger partial charge in [0.15, 0.2) is 5.96 Å². The van der Waals surface area contributed by atoms with Crippen LogP contribution < -0.4 is 11.5 Å². The first-order valence-electron chi connectivity index (χ1n) is 7.26. The zero-order valence-corrected chi connectivity index (χ0v) is 14.9. The van der Waals surface area contributed by atoms with Gasteiger partial charge in [-0.3, -0.25) is 4.55 Å². The molecule has 0 heterocycles. The van der Waals surface area contributed by atoms with Gasteiger partial charge in [0.25, 0.3) is 10.1 Å². The summed E-state index contributed by atoms with van der Waals surface area (Å²) in [5, 5.41) is 0. The van der Waals surface area contributed by atoms with E-state index < -0.39 is 10.1 Å². The Hall–Kier alpha value is -2.21. The average molecular weight is 373 g/mol. The van der Waals surface area contributed by atoms with Gasteiger partial charge in [-0.15, -0.1) is 0 Å². The van der Waals surface area contributed by atoms with E-state index in [0.717, 1.165) is 0 Å². The maximum atomic E-state index is 11.0. The van der Waals surface area contributed by atoms with Crippen LogP contribution in [0.1, 0.15) is 0 Å². The van der Waals surface area contributed by atoms with Gasteiger partial charge in [-0.2, -0.15) is 13.4 Å². The van der Waals surface area contributed by atoms with Gasteiger partial charge >= 0.3 is 0 Å². The summed E-state index contributed by atoms with van der Waals surface area (Å²) in [6.07, 6.45) is 0. The van der Waals surface area contributed by atoms with Crippen molar-refractivity contribution in [1.29, 1.82) is 0 Å². The highest BCUT2D eigenvalue weighted by molar-refractivity contribution is 7.85. The first-order valence-corrected chi connectivity index (χ1v) is 8.70. The highest BCUT2D eigenvalue weighted by Crippen LogP contribution is 2.16. The summed E-state index contributed by atoms with van der Waals surface area (Å²) >= 11 is 0. The molecule has 0 aromatic heterocycles. The normalized spacial score (nSPS) is 13.1. The summed E-state index contributed by atoms with van der Waals surface area (Å²) in [6.45, 7) is 1.92. The minimum Gasteiger partial charge on any atom is -0.383 e. The molecule has 0 fully saturated rings. The van der Waals surface area contributed by atoms with Gasteiger partial charge in [-0.05, 0) is 24.3 Å². The topological polar surface area (TPSA) is 153 Å². The second kappa shape index (κ2) is 9.93. The smallest absolute Gasteiger partial charge is 0.294 e. The number of hydrogen-bond donors (Lipinski definition) is 3. The zero-order chi connectivity index (χ0) is 18.9. The maximum absolute atomic E-state index is 11.0. The van der Waals surface area contributed by atoms with Crippen molar-refractivity contribution in [2.75, 3.05) is 40.5 Å². The van der Waals surface area contributed by atoms with Crippen molar-refractivity contribution in [2.45, 2.75) is 4.90 Å². The van der Waals surface area contributed by atoms with Crippen LogP contribution in [0, 0.1) is 0 Å². The van der Waals surface area contributed by atoms with E-state index in [9.17, 15) is 8.42 Å². The Labute approximate surface area is 146 Å². The first kappa shape index (κ1) is 20.8. The van der Waals surface area contributed by atoms with E-state index in [1.807, 2.05) is 0 Å². The fourth-order valence-electron chi connectivity index (χ4n) is 1.78. The van der Waals surface area contributed by atoms with Crippen LogP contribution >= 0.6 is 0 Å². The Morgan fingerprint density at radius 3 is 2.08 bits per heavy atom. The fourth-order valence-corrected chi connectivity index (χ4v) is 2.26. The van der Waals surface area contributed by atoms with Gasteiger partial charge in [0.05, 0.1) is 23.8 Å². The van der Waals surface area contributed by atoms with E-state index >= 15 is 0 Å². The lowest BCUT2D eigenvalue weighted by molar-refractivity contribution is 0.146. The number of nitrogens with two attached hydrogens (primary N) is 2. The molecule has 25 heavy (non-hydrogen) atoms. The molecule has 0 aliphatic rings. The Morgan fingerprint density at radius 1 is 1.12 bits per heavy atom. The molecule has 5 N–H and O–H groups in total. The molecule has 11 heteroatoms. The van der Waals surface area contributed by atoms with Crippen molar-refractivity contribution >= 4 is 27.7 Å². The summed E-state index contributed by atoms with van der Waals surface area (Å²) in [5.74, 6) is 0.0573. The monoisotopic (exact) mass is 373 g/mol. The lowest BCUT2D eigenvalue weighted by atomic mass is 10.3. The standard InChI is InChI=1S/C14H23N5O5S/c1-23-9-7-19(8-10-24-2)14(16)18-13(15)17-11-3-5-12(6-4-11)25(20,21)22/h3-6H,7-10H2,1-2H3,(H,20,21,22)(H4,15,16,17,18). The van der Waals surface area contributed by atoms with Crippen LogP contribution in [0.15, 0.2) is 39.1 Å². The number of ether oxygens (including phenoxy) is 2. The number of aliphatic imine (C=N–C) groups is 2. The third-order valence-electron chi connectivity index (χ3n) is 3.06. The maximum Gasteiger partial charge on any atom is 0.294 e. The number of rotatable bonds is 8. The van der Waals surface area contributed by atoms with Crippen molar-refractivity contribution in [3.63, 3.8) is 0 Å². The van der Waals surface area contributed by atoms with Crippen LogP contribution in [-0.2, 0) is 19.6 Å².